The van der Waals surface area contributed by atoms with Crippen LogP contribution in [0.2, 0.25) is 0 Å². The number of pyridine rings is 1. The van der Waals surface area contributed by atoms with E-state index in [1.54, 1.807) is 0 Å². The van der Waals surface area contributed by atoms with E-state index >= 15 is 0 Å². The summed E-state index contributed by atoms with van der Waals surface area (Å²) in [4.78, 5) is 29.7. The summed E-state index contributed by atoms with van der Waals surface area (Å²) in [7, 11) is 0. The molecule has 0 aromatic carbocycles. The van der Waals surface area contributed by atoms with Gasteiger partial charge < -0.3 is 10.1 Å². The molecule has 1 aliphatic heterocycles. The van der Waals surface area contributed by atoms with Crippen molar-refractivity contribution in [3.8, 4) is 0 Å². The van der Waals surface area contributed by atoms with Gasteiger partial charge in [0, 0.05) is 12.1 Å². The summed E-state index contributed by atoms with van der Waals surface area (Å²) in [6, 6.07) is 0. The quantitative estimate of drug-likeness (QED) is 0.871. The molecule has 1 aliphatic carbocycles. The molecule has 23 heavy (non-hydrogen) atoms. The highest BCUT2D eigenvalue weighted by atomic mass is 16.6. The van der Waals surface area contributed by atoms with Crippen LogP contribution in [-0.4, -0.2) is 29.0 Å². The number of ether oxygens (including phenoxy) is 1. The monoisotopic (exact) mass is 314 g/mol. The van der Waals surface area contributed by atoms with E-state index in [1.807, 2.05) is 27.7 Å². The van der Waals surface area contributed by atoms with Gasteiger partial charge in [-0.15, -0.1) is 0 Å². The minimum Gasteiger partial charge on any atom is -0.451 e. The molecular weight excluding hydrogens is 292 g/mol. The smallest absolute Gasteiger partial charge is 0.341 e. The van der Waals surface area contributed by atoms with E-state index < -0.39 is 11.6 Å². The van der Waals surface area contributed by atoms with E-state index in [9.17, 15) is 9.59 Å². The summed E-state index contributed by atoms with van der Waals surface area (Å²) in [5.74, 6) is -0.354. The zero-order chi connectivity index (χ0) is 16.9. The first-order valence-corrected chi connectivity index (χ1v) is 8.03. The summed E-state index contributed by atoms with van der Waals surface area (Å²) in [5.41, 5.74) is 2.88. The maximum Gasteiger partial charge on any atom is 0.341 e. The highest BCUT2D eigenvalue weighted by Crippen LogP contribution is 2.48. The van der Waals surface area contributed by atoms with E-state index in [-0.39, 0.29) is 11.8 Å². The lowest BCUT2D eigenvalue weighted by molar-refractivity contribution is 0.0174. The van der Waals surface area contributed by atoms with Crippen molar-refractivity contribution in [2.45, 2.75) is 52.1 Å². The molecule has 2 heterocycles. The van der Waals surface area contributed by atoms with Crippen molar-refractivity contribution in [1.29, 1.82) is 0 Å². The van der Waals surface area contributed by atoms with Gasteiger partial charge in [-0.25, -0.2) is 4.79 Å². The van der Waals surface area contributed by atoms with Crippen molar-refractivity contribution in [1.82, 2.24) is 10.3 Å². The highest BCUT2D eigenvalue weighted by molar-refractivity contribution is 6.06. The Morgan fingerprint density at radius 2 is 2.09 bits per heavy atom. The molecule has 0 bridgehead atoms. The summed E-state index contributed by atoms with van der Waals surface area (Å²) in [5, 5.41) is 2.82. The van der Waals surface area contributed by atoms with Crippen molar-refractivity contribution in [3.05, 3.63) is 34.7 Å². The lowest BCUT2D eigenvalue weighted by Crippen LogP contribution is -2.37. The van der Waals surface area contributed by atoms with Crippen LogP contribution in [0.4, 0.5) is 0 Å². The number of aryl methyl sites for hydroxylation is 1. The van der Waals surface area contributed by atoms with Crippen LogP contribution in [0.15, 0.2) is 6.58 Å². The Hall–Kier alpha value is -2.17. The summed E-state index contributed by atoms with van der Waals surface area (Å²) < 4.78 is 5.56. The van der Waals surface area contributed by atoms with Crippen molar-refractivity contribution in [2.24, 2.45) is 0 Å². The molecule has 1 aromatic heterocycles. The van der Waals surface area contributed by atoms with E-state index in [4.69, 9.17) is 4.74 Å². The van der Waals surface area contributed by atoms with E-state index in [0.29, 0.717) is 34.6 Å². The van der Waals surface area contributed by atoms with E-state index in [2.05, 4.69) is 16.9 Å². The Kier molecular flexibility index (Phi) is 3.54. The van der Waals surface area contributed by atoms with Gasteiger partial charge in [0.25, 0.3) is 5.91 Å². The fourth-order valence-corrected chi connectivity index (χ4v) is 3.10. The van der Waals surface area contributed by atoms with Crippen molar-refractivity contribution >= 4 is 17.4 Å². The number of hydrogen-bond donors (Lipinski definition) is 1. The molecule has 1 fully saturated rings. The molecule has 0 radical (unpaired) electrons. The van der Waals surface area contributed by atoms with Gasteiger partial charge in [0.1, 0.15) is 5.60 Å². The number of cyclic esters (lactones) is 1. The predicted octanol–water partition coefficient (Wildman–Crippen LogP) is 2.98. The molecule has 0 spiro atoms. The number of esters is 1. The molecule has 1 N–H and O–H groups in total. The van der Waals surface area contributed by atoms with Crippen LogP contribution in [0.5, 0.6) is 0 Å². The number of rotatable bonds is 3. The van der Waals surface area contributed by atoms with Gasteiger partial charge >= 0.3 is 5.97 Å². The Labute approximate surface area is 136 Å². The van der Waals surface area contributed by atoms with Crippen LogP contribution >= 0.6 is 0 Å². The van der Waals surface area contributed by atoms with Gasteiger partial charge in [-0.2, -0.15) is 0 Å². The Morgan fingerprint density at radius 1 is 1.43 bits per heavy atom. The average Bonchev–Trinajstić information content (AvgIpc) is 3.27. The van der Waals surface area contributed by atoms with E-state index in [0.717, 1.165) is 18.4 Å². The van der Waals surface area contributed by atoms with Gasteiger partial charge in [-0.05, 0) is 52.0 Å². The first-order chi connectivity index (χ1) is 10.8. The number of nitrogens with zero attached hydrogens (tertiary/aromatic N) is 1. The normalized spacial score (nSPS) is 19.1. The minimum absolute atomic E-state index is 0.176. The largest absolute Gasteiger partial charge is 0.451 e. The SMILES string of the molecule is C=C1c2nc(C)c(C(=O)NCC)c(C3CC3)c2C(=O)OC1(C)C. The minimum atomic E-state index is -0.780. The molecule has 3 rings (SSSR count). The van der Waals surface area contributed by atoms with Gasteiger partial charge in [0.2, 0.25) is 0 Å². The molecule has 1 aromatic rings. The van der Waals surface area contributed by atoms with Gasteiger partial charge in [-0.3, -0.25) is 9.78 Å². The molecule has 1 amide bonds. The van der Waals surface area contributed by atoms with Crippen LogP contribution in [-0.2, 0) is 4.74 Å². The number of carbonyl (C=O) groups is 2. The fourth-order valence-electron chi connectivity index (χ4n) is 3.10. The van der Waals surface area contributed by atoms with Gasteiger partial charge in [-0.1, -0.05) is 6.58 Å². The summed E-state index contributed by atoms with van der Waals surface area (Å²) in [6.45, 7) is 11.9. The second-order valence-electron chi connectivity index (χ2n) is 6.72. The van der Waals surface area contributed by atoms with Crippen LogP contribution < -0.4 is 5.32 Å². The molecule has 0 saturated heterocycles. The number of carbonyl (C=O) groups excluding carboxylic acids is 2. The molecule has 0 unspecified atom stereocenters. The summed E-state index contributed by atoms with van der Waals surface area (Å²) >= 11 is 0. The third-order valence-corrected chi connectivity index (χ3v) is 4.53. The van der Waals surface area contributed by atoms with E-state index in [1.165, 1.54) is 0 Å². The summed E-state index contributed by atoms with van der Waals surface area (Å²) in [6.07, 6.45) is 1.96. The zero-order valence-corrected chi connectivity index (χ0v) is 14.1. The lowest BCUT2D eigenvalue weighted by atomic mass is 9.85. The third kappa shape index (κ3) is 2.44. The molecule has 5 nitrogen and oxygen atoms in total. The molecule has 2 aliphatic rings. The van der Waals surface area contributed by atoms with Crippen molar-refractivity contribution in [3.63, 3.8) is 0 Å². The predicted molar refractivity (Wildman–Crippen MR) is 87.5 cm³/mol. The molecule has 5 heteroatoms. The number of nitrogens with one attached hydrogen (secondary N) is 1. The second-order valence-corrected chi connectivity index (χ2v) is 6.72. The second kappa shape index (κ2) is 5.18. The van der Waals surface area contributed by atoms with Gasteiger partial charge in [0.05, 0.1) is 22.5 Å². The van der Waals surface area contributed by atoms with Crippen LogP contribution in [0.3, 0.4) is 0 Å². The third-order valence-electron chi connectivity index (χ3n) is 4.53. The number of aromatic nitrogens is 1. The van der Waals surface area contributed by atoms with Crippen molar-refractivity contribution < 1.29 is 14.3 Å². The standard InChI is InChI=1S/C18H22N2O3/c1-6-19-16(21)12-10(3)20-15-9(2)18(4,5)23-17(22)14(15)13(12)11-7-8-11/h11H,2,6-8H2,1,3-5H3,(H,19,21). The Bertz CT molecular complexity index is 730. The number of amides is 1. The lowest BCUT2D eigenvalue weighted by Gasteiger charge is -2.34. The Morgan fingerprint density at radius 3 is 2.65 bits per heavy atom. The average molecular weight is 314 g/mol. The van der Waals surface area contributed by atoms with Crippen LogP contribution in [0, 0.1) is 6.92 Å². The molecular formula is C18H22N2O3. The maximum absolute atomic E-state index is 12.6. The first kappa shape index (κ1) is 15.7. The molecule has 122 valence electrons. The molecule has 0 atom stereocenters. The number of fused-ring (bicyclic) bond motifs is 1. The molecule has 1 saturated carbocycles. The zero-order valence-electron chi connectivity index (χ0n) is 14.1. The van der Waals surface area contributed by atoms with Gasteiger partial charge in [0.15, 0.2) is 0 Å². The maximum atomic E-state index is 12.6. The topological polar surface area (TPSA) is 68.3 Å². The highest BCUT2D eigenvalue weighted by Gasteiger charge is 2.43. The fraction of sp³-hybridized carbons (Fsp3) is 0.500. The number of hydrogen-bond acceptors (Lipinski definition) is 4. The van der Waals surface area contributed by atoms with Crippen molar-refractivity contribution in [2.75, 3.05) is 6.54 Å². The van der Waals surface area contributed by atoms with Crippen LogP contribution in [0.1, 0.15) is 77.2 Å². The van der Waals surface area contributed by atoms with Crippen LogP contribution in [0.25, 0.3) is 5.57 Å². The Balaban J connectivity index is 2.28. The first-order valence-electron chi connectivity index (χ1n) is 8.03.